The van der Waals surface area contributed by atoms with Gasteiger partial charge in [-0.1, -0.05) is 41.4 Å². The third-order valence-corrected chi connectivity index (χ3v) is 3.90. The molecule has 21 heavy (non-hydrogen) atoms. The number of methoxy groups -OCH3 is 1. The largest absolute Gasteiger partial charge is 0.494 e. The molecule has 0 aliphatic carbocycles. The van der Waals surface area contributed by atoms with E-state index in [0.717, 1.165) is 0 Å². The van der Waals surface area contributed by atoms with Gasteiger partial charge >= 0.3 is 0 Å². The van der Waals surface area contributed by atoms with Crippen molar-refractivity contribution in [3.8, 4) is 5.75 Å². The van der Waals surface area contributed by atoms with Gasteiger partial charge in [-0.25, -0.2) is 4.39 Å². The Morgan fingerprint density at radius 2 is 1.81 bits per heavy atom. The van der Waals surface area contributed by atoms with E-state index >= 15 is 0 Å². The second-order valence-corrected chi connectivity index (χ2v) is 5.31. The van der Waals surface area contributed by atoms with Crippen molar-refractivity contribution in [2.45, 2.75) is 12.5 Å². The summed E-state index contributed by atoms with van der Waals surface area (Å²) in [5, 5.41) is 0.961. The van der Waals surface area contributed by atoms with Crippen LogP contribution in [0.5, 0.6) is 5.75 Å². The summed E-state index contributed by atoms with van der Waals surface area (Å²) in [6.07, 6.45) is 0.295. The van der Waals surface area contributed by atoms with Crippen LogP contribution in [0.15, 0.2) is 36.4 Å². The van der Waals surface area contributed by atoms with E-state index in [-0.39, 0.29) is 5.75 Å². The fourth-order valence-corrected chi connectivity index (χ4v) is 2.84. The maximum atomic E-state index is 14.2. The number of hydrogen-bond acceptors (Lipinski definition) is 3. The van der Waals surface area contributed by atoms with E-state index in [9.17, 15) is 4.39 Å². The van der Waals surface area contributed by atoms with E-state index in [1.54, 1.807) is 36.4 Å². The van der Waals surface area contributed by atoms with Crippen LogP contribution < -0.4 is 16.0 Å². The Morgan fingerprint density at radius 1 is 1.19 bits per heavy atom. The Balaban J connectivity index is 2.36. The summed E-state index contributed by atoms with van der Waals surface area (Å²) < 4.78 is 19.2. The molecular weight excluding hydrogens is 314 g/mol. The molecule has 2 aromatic carbocycles. The average molecular weight is 329 g/mol. The molecule has 2 aromatic rings. The minimum absolute atomic E-state index is 0.188. The Kier molecular flexibility index (Phi) is 5.42. The molecular formula is C15H15Cl2FN2O. The van der Waals surface area contributed by atoms with Gasteiger partial charge in [0.25, 0.3) is 0 Å². The zero-order valence-corrected chi connectivity index (χ0v) is 12.9. The van der Waals surface area contributed by atoms with Gasteiger partial charge in [0.2, 0.25) is 0 Å². The van der Waals surface area contributed by atoms with Crippen molar-refractivity contribution in [2.75, 3.05) is 7.11 Å². The molecule has 0 aliphatic rings. The Bertz CT molecular complexity index is 617. The predicted molar refractivity (Wildman–Crippen MR) is 83.2 cm³/mol. The predicted octanol–water partition coefficient (Wildman–Crippen LogP) is 3.89. The molecule has 0 aromatic heterocycles. The maximum absolute atomic E-state index is 14.2. The van der Waals surface area contributed by atoms with E-state index in [1.165, 1.54) is 7.11 Å². The zero-order valence-electron chi connectivity index (χ0n) is 11.4. The van der Waals surface area contributed by atoms with Crippen molar-refractivity contribution in [1.82, 2.24) is 5.43 Å². The summed E-state index contributed by atoms with van der Waals surface area (Å²) in [5.41, 5.74) is 3.75. The van der Waals surface area contributed by atoms with Gasteiger partial charge in [0.05, 0.1) is 13.2 Å². The van der Waals surface area contributed by atoms with Gasteiger partial charge in [-0.15, -0.1) is 0 Å². The summed E-state index contributed by atoms with van der Waals surface area (Å²) >= 11 is 12.3. The first-order valence-electron chi connectivity index (χ1n) is 6.30. The van der Waals surface area contributed by atoms with Crippen LogP contribution in [0.25, 0.3) is 0 Å². The molecule has 6 heteroatoms. The van der Waals surface area contributed by atoms with Gasteiger partial charge in [0.15, 0.2) is 11.6 Å². The van der Waals surface area contributed by atoms with Crippen LogP contribution in [-0.4, -0.2) is 7.11 Å². The Morgan fingerprint density at radius 3 is 2.38 bits per heavy atom. The normalized spacial score (nSPS) is 12.2. The number of nitrogens with one attached hydrogen (secondary N) is 1. The second kappa shape index (κ2) is 7.09. The van der Waals surface area contributed by atoms with Crippen LogP contribution in [0.1, 0.15) is 17.2 Å². The lowest BCUT2D eigenvalue weighted by molar-refractivity contribution is 0.382. The third-order valence-electron chi connectivity index (χ3n) is 3.24. The van der Waals surface area contributed by atoms with Crippen molar-refractivity contribution in [2.24, 2.45) is 5.84 Å². The average Bonchev–Trinajstić information content (AvgIpc) is 2.47. The molecule has 1 atom stereocenters. The van der Waals surface area contributed by atoms with Crippen molar-refractivity contribution in [1.29, 1.82) is 0 Å². The van der Waals surface area contributed by atoms with E-state index in [0.29, 0.717) is 27.6 Å². The molecule has 0 radical (unpaired) electrons. The van der Waals surface area contributed by atoms with E-state index < -0.39 is 11.9 Å². The number of halogens is 3. The van der Waals surface area contributed by atoms with E-state index in [1.807, 2.05) is 0 Å². The minimum atomic E-state index is -0.413. The van der Waals surface area contributed by atoms with Crippen molar-refractivity contribution < 1.29 is 9.13 Å². The van der Waals surface area contributed by atoms with Gasteiger partial charge in [-0.2, -0.15) is 0 Å². The number of hydrazine groups is 1. The van der Waals surface area contributed by atoms with Gasteiger partial charge in [-0.3, -0.25) is 11.3 Å². The zero-order chi connectivity index (χ0) is 15.4. The Labute approximate surface area is 132 Å². The molecule has 3 N–H and O–H groups in total. The van der Waals surface area contributed by atoms with Crippen LogP contribution in [0.4, 0.5) is 4.39 Å². The van der Waals surface area contributed by atoms with Crippen LogP contribution >= 0.6 is 23.2 Å². The van der Waals surface area contributed by atoms with Crippen molar-refractivity contribution in [3.05, 3.63) is 63.4 Å². The van der Waals surface area contributed by atoms with Crippen LogP contribution in [0.2, 0.25) is 10.0 Å². The molecule has 1 unspecified atom stereocenters. The number of rotatable bonds is 5. The fraction of sp³-hybridized carbons (Fsp3) is 0.200. The molecule has 0 saturated carbocycles. The first-order valence-corrected chi connectivity index (χ1v) is 7.05. The van der Waals surface area contributed by atoms with Gasteiger partial charge < -0.3 is 4.74 Å². The third kappa shape index (κ3) is 3.47. The minimum Gasteiger partial charge on any atom is -0.494 e. The molecule has 0 bridgehead atoms. The fourth-order valence-electron chi connectivity index (χ4n) is 2.18. The highest BCUT2D eigenvalue weighted by atomic mass is 35.5. The smallest absolute Gasteiger partial charge is 0.168 e. The number of hydrogen-bond donors (Lipinski definition) is 2. The molecule has 0 spiro atoms. The molecule has 112 valence electrons. The van der Waals surface area contributed by atoms with Crippen molar-refractivity contribution in [3.63, 3.8) is 0 Å². The number of ether oxygens (including phenoxy) is 1. The topological polar surface area (TPSA) is 47.3 Å². The summed E-state index contributed by atoms with van der Waals surface area (Å²) in [6.45, 7) is 0. The number of benzene rings is 2. The first-order chi connectivity index (χ1) is 10.1. The number of nitrogens with two attached hydrogens (primary N) is 1. The van der Waals surface area contributed by atoms with Gasteiger partial charge in [0.1, 0.15) is 0 Å². The monoisotopic (exact) mass is 328 g/mol. The Hall–Kier alpha value is -1.33. The summed E-state index contributed by atoms with van der Waals surface area (Å²) in [6, 6.07) is 9.73. The quantitative estimate of drug-likeness (QED) is 0.646. The van der Waals surface area contributed by atoms with Crippen LogP contribution in [0.3, 0.4) is 0 Å². The molecule has 3 nitrogen and oxygen atoms in total. The standard InChI is InChI=1S/C15H15Cl2FN2O/c1-21-13-7-2-4-9(15(13)18)8-12(20-19)14-10(16)5-3-6-11(14)17/h2-7,12,20H,8,19H2,1H3. The van der Waals surface area contributed by atoms with Crippen LogP contribution in [-0.2, 0) is 6.42 Å². The SMILES string of the molecule is COc1cccc(CC(NN)c2c(Cl)cccc2Cl)c1F. The lowest BCUT2D eigenvalue weighted by Gasteiger charge is -2.20. The molecule has 0 saturated heterocycles. The second-order valence-electron chi connectivity index (χ2n) is 4.49. The molecule has 0 heterocycles. The first kappa shape index (κ1) is 16.0. The van der Waals surface area contributed by atoms with Crippen molar-refractivity contribution >= 4 is 23.2 Å². The molecule has 0 amide bonds. The summed E-state index contributed by atoms with van der Waals surface area (Å²) in [5.74, 6) is 5.37. The molecule has 2 rings (SSSR count). The molecule has 0 fully saturated rings. The lowest BCUT2D eigenvalue weighted by Crippen LogP contribution is -2.30. The lowest BCUT2D eigenvalue weighted by atomic mass is 9.98. The van der Waals surface area contributed by atoms with Gasteiger partial charge in [0, 0.05) is 15.6 Å². The summed E-state index contributed by atoms with van der Waals surface area (Å²) in [4.78, 5) is 0. The maximum Gasteiger partial charge on any atom is 0.168 e. The van der Waals surface area contributed by atoms with Gasteiger partial charge in [-0.05, 0) is 30.2 Å². The van der Waals surface area contributed by atoms with E-state index in [2.05, 4.69) is 5.43 Å². The molecule has 0 aliphatic heterocycles. The highest BCUT2D eigenvalue weighted by Gasteiger charge is 2.20. The highest BCUT2D eigenvalue weighted by molar-refractivity contribution is 6.36. The van der Waals surface area contributed by atoms with Crippen LogP contribution in [0, 0.1) is 5.82 Å². The van der Waals surface area contributed by atoms with E-state index in [4.69, 9.17) is 33.8 Å². The summed E-state index contributed by atoms with van der Waals surface area (Å²) in [7, 11) is 1.42. The highest BCUT2D eigenvalue weighted by Crippen LogP contribution is 2.33.